The Morgan fingerprint density at radius 2 is 2.10 bits per heavy atom. The Kier molecular flexibility index (Phi) is 5.13. The van der Waals surface area contributed by atoms with Crippen LogP contribution in [-0.2, 0) is 9.53 Å². The average Bonchev–Trinajstić information content (AvgIpc) is 2.85. The number of hydrogen-bond donors (Lipinski definition) is 1. The van der Waals surface area contributed by atoms with Gasteiger partial charge in [0.2, 0.25) is 6.79 Å². The summed E-state index contributed by atoms with van der Waals surface area (Å²) in [6.07, 6.45) is 0. The minimum Gasteiger partial charge on any atom is -0.462 e. The van der Waals surface area contributed by atoms with Crippen molar-refractivity contribution < 1.29 is 27.8 Å². The number of esters is 1. The lowest BCUT2D eigenvalue weighted by Crippen LogP contribution is -2.41. The summed E-state index contributed by atoms with van der Waals surface area (Å²) < 4.78 is 42.0. The molecule has 0 amide bonds. The summed E-state index contributed by atoms with van der Waals surface area (Å²) in [5.74, 6) is -4.66. The summed E-state index contributed by atoms with van der Waals surface area (Å²) in [6.45, 7) is 1.34. The third-order valence-electron chi connectivity index (χ3n) is 2.69. The molecule has 0 fully saturated rings. The first-order valence-electron chi connectivity index (χ1n) is 5.67. The van der Waals surface area contributed by atoms with E-state index in [9.17, 15) is 13.6 Å². The lowest BCUT2D eigenvalue weighted by Gasteiger charge is -2.21. The van der Waals surface area contributed by atoms with E-state index < -0.39 is 17.9 Å². The lowest BCUT2D eigenvalue weighted by molar-refractivity contribution is -0.174. The molecule has 2 N–H and O–H groups in total. The Bertz CT molecular complexity index is 498. The summed E-state index contributed by atoms with van der Waals surface area (Å²) >= 11 is 0. The summed E-state index contributed by atoms with van der Waals surface area (Å²) in [5.41, 5.74) is 5.52. The van der Waals surface area contributed by atoms with Crippen LogP contribution in [0.3, 0.4) is 0 Å². The van der Waals surface area contributed by atoms with E-state index >= 15 is 0 Å². The minimum atomic E-state index is -3.80. The molecule has 112 valence electrons. The summed E-state index contributed by atoms with van der Waals surface area (Å²) in [4.78, 5) is 11.2. The van der Waals surface area contributed by atoms with Crippen LogP contribution in [0, 0.1) is 0 Å². The maximum Gasteiger partial charge on any atom is 0.379 e. The van der Waals surface area contributed by atoms with Gasteiger partial charge >= 0.3 is 11.9 Å². The molecule has 1 atom stereocenters. The highest BCUT2D eigenvalue weighted by Gasteiger charge is 2.48. The highest BCUT2D eigenvalue weighted by atomic mass is 35.5. The number of carbonyl (C=O) groups excluding carboxylic acids is 1. The van der Waals surface area contributed by atoms with Gasteiger partial charge in [0.25, 0.3) is 0 Å². The quantitative estimate of drug-likeness (QED) is 0.862. The van der Waals surface area contributed by atoms with E-state index in [1.807, 2.05) is 0 Å². The van der Waals surface area contributed by atoms with Gasteiger partial charge in [0.1, 0.15) is 6.04 Å². The van der Waals surface area contributed by atoms with Crippen LogP contribution in [0.25, 0.3) is 0 Å². The molecule has 1 aromatic rings. The van der Waals surface area contributed by atoms with E-state index in [1.54, 1.807) is 0 Å². The summed E-state index contributed by atoms with van der Waals surface area (Å²) in [5, 5.41) is 0. The van der Waals surface area contributed by atoms with Crippen LogP contribution in [0.15, 0.2) is 18.2 Å². The number of benzene rings is 1. The molecule has 8 heteroatoms. The maximum atomic E-state index is 13.8. The van der Waals surface area contributed by atoms with Gasteiger partial charge in [-0.15, -0.1) is 12.4 Å². The van der Waals surface area contributed by atoms with E-state index in [-0.39, 0.29) is 31.4 Å². The van der Waals surface area contributed by atoms with Crippen LogP contribution < -0.4 is 15.2 Å². The zero-order valence-corrected chi connectivity index (χ0v) is 11.4. The molecule has 0 bridgehead atoms. The predicted molar refractivity (Wildman–Crippen MR) is 68.3 cm³/mol. The van der Waals surface area contributed by atoms with E-state index in [4.69, 9.17) is 15.2 Å². The van der Waals surface area contributed by atoms with Crippen molar-refractivity contribution in [2.45, 2.75) is 18.9 Å². The standard InChI is InChI=1S/C12H13F2NO4.ClH/c1-2-17-11(16)12(13,14)10(15)7-3-4-8-9(5-7)19-6-18-8;/h3-5,10H,2,6,15H2,1H3;1H/t10-;/m1./s1. The fourth-order valence-electron chi connectivity index (χ4n) is 1.67. The summed E-state index contributed by atoms with van der Waals surface area (Å²) in [7, 11) is 0. The molecule has 0 radical (unpaired) electrons. The normalized spacial score (nSPS) is 14.4. The molecule has 0 saturated heterocycles. The Morgan fingerprint density at radius 1 is 1.45 bits per heavy atom. The van der Waals surface area contributed by atoms with Crippen LogP contribution >= 0.6 is 12.4 Å². The summed E-state index contributed by atoms with van der Waals surface area (Å²) in [6, 6.07) is 2.37. The first-order valence-corrected chi connectivity index (χ1v) is 5.67. The lowest BCUT2D eigenvalue weighted by atomic mass is 10.0. The van der Waals surface area contributed by atoms with Crippen molar-refractivity contribution >= 4 is 18.4 Å². The Morgan fingerprint density at radius 3 is 2.75 bits per heavy atom. The van der Waals surface area contributed by atoms with E-state index in [0.29, 0.717) is 11.5 Å². The second-order valence-electron chi connectivity index (χ2n) is 3.93. The third-order valence-corrected chi connectivity index (χ3v) is 2.69. The van der Waals surface area contributed by atoms with Gasteiger partial charge in [-0.3, -0.25) is 0 Å². The second-order valence-corrected chi connectivity index (χ2v) is 3.93. The largest absolute Gasteiger partial charge is 0.462 e. The van der Waals surface area contributed by atoms with E-state index in [2.05, 4.69) is 4.74 Å². The minimum absolute atomic E-state index is 0. The van der Waals surface area contributed by atoms with E-state index in [0.717, 1.165) is 0 Å². The zero-order chi connectivity index (χ0) is 14.0. The van der Waals surface area contributed by atoms with Gasteiger partial charge in [-0.2, -0.15) is 8.78 Å². The van der Waals surface area contributed by atoms with Gasteiger partial charge in [0.05, 0.1) is 6.61 Å². The number of rotatable bonds is 4. The Labute approximate surface area is 120 Å². The number of alkyl halides is 2. The SMILES string of the molecule is CCOC(=O)C(F)(F)[C@H](N)c1ccc2c(c1)OCO2.Cl. The number of fused-ring (bicyclic) bond motifs is 1. The zero-order valence-electron chi connectivity index (χ0n) is 10.6. The molecule has 0 unspecified atom stereocenters. The molecule has 2 rings (SSSR count). The molecule has 20 heavy (non-hydrogen) atoms. The van der Waals surface area contributed by atoms with Crippen LogP contribution in [-0.4, -0.2) is 25.3 Å². The van der Waals surface area contributed by atoms with Gasteiger partial charge in [-0.1, -0.05) is 6.07 Å². The fraction of sp³-hybridized carbons (Fsp3) is 0.417. The predicted octanol–water partition coefficient (Wildman–Crippen LogP) is 2.04. The van der Waals surface area contributed by atoms with Crippen molar-refractivity contribution in [2.24, 2.45) is 5.73 Å². The van der Waals surface area contributed by atoms with Crippen molar-refractivity contribution in [3.63, 3.8) is 0 Å². The number of nitrogens with two attached hydrogens (primary N) is 1. The van der Waals surface area contributed by atoms with Crippen LogP contribution in [0.2, 0.25) is 0 Å². The molecule has 0 aliphatic carbocycles. The smallest absolute Gasteiger partial charge is 0.379 e. The molecular formula is C12H14ClF2NO4. The van der Waals surface area contributed by atoms with Crippen LogP contribution in [0.1, 0.15) is 18.5 Å². The number of ether oxygens (including phenoxy) is 3. The fourth-order valence-corrected chi connectivity index (χ4v) is 1.67. The first-order chi connectivity index (χ1) is 8.96. The first kappa shape index (κ1) is 16.5. The molecule has 1 heterocycles. The van der Waals surface area contributed by atoms with Crippen molar-refractivity contribution in [3.8, 4) is 11.5 Å². The van der Waals surface area contributed by atoms with Crippen molar-refractivity contribution in [1.82, 2.24) is 0 Å². The molecule has 0 saturated carbocycles. The number of carbonyl (C=O) groups is 1. The van der Waals surface area contributed by atoms with Crippen molar-refractivity contribution in [1.29, 1.82) is 0 Å². The Hall–Kier alpha value is -1.60. The highest BCUT2D eigenvalue weighted by molar-refractivity contribution is 5.85. The number of halogens is 3. The van der Waals surface area contributed by atoms with Gasteiger partial charge < -0.3 is 19.9 Å². The molecule has 0 aromatic heterocycles. The van der Waals surface area contributed by atoms with Gasteiger partial charge in [-0.05, 0) is 24.6 Å². The third kappa shape index (κ3) is 2.94. The molecule has 1 aliphatic rings. The maximum absolute atomic E-state index is 13.8. The second kappa shape index (κ2) is 6.23. The Balaban J connectivity index is 0.00000200. The molecule has 0 spiro atoms. The molecule has 5 nitrogen and oxygen atoms in total. The monoisotopic (exact) mass is 309 g/mol. The molecule has 1 aromatic carbocycles. The van der Waals surface area contributed by atoms with Gasteiger partial charge in [-0.25, -0.2) is 4.79 Å². The topological polar surface area (TPSA) is 70.8 Å². The van der Waals surface area contributed by atoms with Crippen molar-refractivity contribution in [2.75, 3.05) is 13.4 Å². The van der Waals surface area contributed by atoms with Gasteiger partial charge in [0.15, 0.2) is 11.5 Å². The van der Waals surface area contributed by atoms with Crippen LogP contribution in [0.4, 0.5) is 8.78 Å². The van der Waals surface area contributed by atoms with Crippen LogP contribution in [0.5, 0.6) is 11.5 Å². The average molecular weight is 310 g/mol. The van der Waals surface area contributed by atoms with Crippen molar-refractivity contribution in [3.05, 3.63) is 23.8 Å². The molecular weight excluding hydrogens is 296 g/mol. The number of hydrogen-bond acceptors (Lipinski definition) is 5. The van der Waals surface area contributed by atoms with E-state index in [1.165, 1.54) is 25.1 Å². The highest BCUT2D eigenvalue weighted by Crippen LogP contribution is 2.37. The van der Waals surface area contributed by atoms with Gasteiger partial charge in [0, 0.05) is 0 Å². The molecule has 1 aliphatic heterocycles.